The molecule has 100 valence electrons. The Bertz CT molecular complexity index is 355. The van der Waals surface area contributed by atoms with Crippen LogP contribution in [0.5, 0.6) is 0 Å². The first-order chi connectivity index (χ1) is 8.75. The van der Waals surface area contributed by atoms with Crippen LogP contribution in [-0.4, -0.2) is 34.3 Å². The first-order valence-electron chi connectivity index (χ1n) is 6.77. The molecule has 2 unspecified atom stereocenters. The van der Waals surface area contributed by atoms with Crippen molar-refractivity contribution in [1.29, 1.82) is 0 Å². The lowest BCUT2D eigenvalue weighted by molar-refractivity contribution is -0.123. The van der Waals surface area contributed by atoms with E-state index in [-0.39, 0.29) is 18.0 Å². The van der Waals surface area contributed by atoms with Gasteiger partial charge >= 0.3 is 0 Å². The summed E-state index contributed by atoms with van der Waals surface area (Å²) >= 11 is 0. The maximum atomic E-state index is 12.1. The molecule has 1 aliphatic rings. The zero-order valence-corrected chi connectivity index (χ0v) is 10.9. The molecule has 0 aliphatic carbocycles. The second-order valence-electron chi connectivity index (χ2n) is 4.99. The topological polar surface area (TPSA) is 59.0 Å². The van der Waals surface area contributed by atoms with Gasteiger partial charge in [0, 0.05) is 18.4 Å². The van der Waals surface area contributed by atoms with Crippen LogP contribution in [-0.2, 0) is 11.3 Å². The molecule has 0 bridgehead atoms. The number of carbonyl (C=O) groups excluding carboxylic acids is 1. The molecule has 0 saturated carbocycles. The van der Waals surface area contributed by atoms with Crippen LogP contribution in [0.2, 0.25) is 0 Å². The van der Waals surface area contributed by atoms with Gasteiger partial charge in [0.25, 0.3) is 0 Å². The third kappa shape index (κ3) is 3.84. The smallest absolute Gasteiger partial charge is 0.237 e. The summed E-state index contributed by atoms with van der Waals surface area (Å²) in [6.45, 7) is 3.67. The fourth-order valence-electron chi connectivity index (χ4n) is 2.33. The lowest BCUT2D eigenvalue weighted by Gasteiger charge is -2.19. The summed E-state index contributed by atoms with van der Waals surface area (Å²) in [5.41, 5.74) is 0. The van der Waals surface area contributed by atoms with Crippen LogP contribution in [0.4, 0.5) is 0 Å². The summed E-state index contributed by atoms with van der Waals surface area (Å²) in [4.78, 5) is 12.1. The summed E-state index contributed by atoms with van der Waals surface area (Å²) < 4.78 is 1.84. The molecule has 1 fully saturated rings. The van der Waals surface area contributed by atoms with Crippen LogP contribution >= 0.6 is 0 Å². The Balaban J connectivity index is 1.78. The van der Waals surface area contributed by atoms with Gasteiger partial charge in [-0.15, -0.1) is 0 Å². The van der Waals surface area contributed by atoms with E-state index in [1.165, 1.54) is 12.8 Å². The van der Waals surface area contributed by atoms with Crippen LogP contribution < -0.4 is 10.6 Å². The molecule has 1 saturated heterocycles. The lowest BCUT2D eigenvalue weighted by Crippen LogP contribution is -2.47. The second kappa shape index (κ2) is 6.54. The highest BCUT2D eigenvalue weighted by atomic mass is 16.2. The van der Waals surface area contributed by atoms with Gasteiger partial charge in [-0.25, -0.2) is 0 Å². The normalized spacial score (nSPS) is 22.2. The van der Waals surface area contributed by atoms with Gasteiger partial charge < -0.3 is 10.6 Å². The number of hydrogen-bond donors (Lipinski definition) is 2. The monoisotopic (exact) mass is 250 g/mol. The van der Waals surface area contributed by atoms with Gasteiger partial charge in [-0.2, -0.15) is 5.10 Å². The first-order valence-corrected chi connectivity index (χ1v) is 6.77. The molecule has 1 aliphatic heterocycles. The van der Waals surface area contributed by atoms with Crippen molar-refractivity contribution in [1.82, 2.24) is 20.4 Å². The highest BCUT2D eigenvalue weighted by molar-refractivity contribution is 5.81. The number of carbonyl (C=O) groups is 1. The van der Waals surface area contributed by atoms with Gasteiger partial charge in [0.15, 0.2) is 0 Å². The Labute approximate surface area is 108 Å². The molecule has 1 aromatic heterocycles. The minimum atomic E-state index is -0.0208. The SMILES string of the molecule is CC(Cn1cccn1)NC(=O)C1CCCCCN1. The zero-order chi connectivity index (χ0) is 12.8. The van der Waals surface area contributed by atoms with Crippen molar-refractivity contribution in [3.8, 4) is 0 Å². The Kier molecular flexibility index (Phi) is 4.75. The molecule has 0 radical (unpaired) electrons. The summed E-state index contributed by atoms with van der Waals surface area (Å²) in [6, 6.07) is 1.97. The predicted octanol–water partition coefficient (Wildman–Crippen LogP) is 0.920. The quantitative estimate of drug-likeness (QED) is 0.835. The number of nitrogens with one attached hydrogen (secondary N) is 2. The lowest BCUT2D eigenvalue weighted by atomic mass is 10.1. The highest BCUT2D eigenvalue weighted by Gasteiger charge is 2.20. The molecule has 2 atom stereocenters. The number of rotatable bonds is 4. The fraction of sp³-hybridized carbons (Fsp3) is 0.692. The van der Waals surface area contributed by atoms with Crippen LogP contribution in [0.25, 0.3) is 0 Å². The van der Waals surface area contributed by atoms with Crippen LogP contribution in [0, 0.1) is 0 Å². The maximum absolute atomic E-state index is 12.1. The van der Waals surface area contributed by atoms with E-state index in [1.807, 2.05) is 23.9 Å². The van der Waals surface area contributed by atoms with Crippen LogP contribution in [0.15, 0.2) is 18.5 Å². The van der Waals surface area contributed by atoms with E-state index in [0.29, 0.717) is 6.54 Å². The van der Waals surface area contributed by atoms with Crippen molar-refractivity contribution >= 4 is 5.91 Å². The first kappa shape index (κ1) is 13.1. The van der Waals surface area contributed by atoms with Gasteiger partial charge in [-0.3, -0.25) is 9.48 Å². The van der Waals surface area contributed by atoms with Crippen LogP contribution in [0.1, 0.15) is 32.6 Å². The van der Waals surface area contributed by atoms with E-state index in [4.69, 9.17) is 0 Å². The standard InChI is InChI=1S/C13H22N4O/c1-11(10-17-9-5-8-15-17)16-13(18)12-6-3-2-4-7-14-12/h5,8-9,11-12,14H,2-4,6-7,10H2,1H3,(H,16,18). The van der Waals surface area contributed by atoms with Gasteiger partial charge in [0.1, 0.15) is 0 Å². The maximum Gasteiger partial charge on any atom is 0.237 e. The Morgan fingerprint density at radius 3 is 3.22 bits per heavy atom. The molecule has 5 nitrogen and oxygen atoms in total. The van der Waals surface area contributed by atoms with Crippen molar-refractivity contribution < 1.29 is 4.79 Å². The Morgan fingerprint density at radius 1 is 1.56 bits per heavy atom. The van der Waals surface area contributed by atoms with Gasteiger partial charge in [-0.05, 0) is 32.4 Å². The predicted molar refractivity (Wildman–Crippen MR) is 70.1 cm³/mol. The number of aromatic nitrogens is 2. The molecule has 2 heterocycles. The van der Waals surface area contributed by atoms with E-state index in [2.05, 4.69) is 15.7 Å². The average Bonchev–Trinajstić information content (AvgIpc) is 2.68. The minimum Gasteiger partial charge on any atom is -0.350 e. The van der Waals surface area contributed by atoms with E-state index in [9.17, 15) is 4.79 Å². The summed E-state index contributed by atoms with van der Waals surface area (Å²) in [5.74, 6) is 0.122. The van der Waals surface area contributed by atoms with Crippen molar-refractivity contribution in [2.45, 2.75) is 51.2 Å². The van der Waals surface area contributed by atoms with Gasteiger partial charge in [0.2, 0.25) is 5.91 Å². The van der Waals surface area contributed by atoms with E-state index < -0.39 is 0 Å². The Morgan fingerprint density at radius 2 is 2.44 bits per heavy atom. The van der Waals surface area contributed by atoms with E-state index in [1.54, 1.807) is 6.20 Å². The van der Waals surface area contributed by atoms with E-state index in [0.717, 1.165) is 19.4 Å². The highest BCUT2D eigenvalue weighted by Crippen LogP contribution is 2.08. The third-order valence-corrected chi connectivity index (χ3v) is 3.29. The number of amides is 1. The van der Waals surface area contributed by atoms with Crippen LogP contribution in [0.3, 0.4) is 0 Å². The van der Waals surface area contributed by atoms with Gasteiger partial charge in [-0.1, -0.05) is 12.8 Å². The summed E-state index contributed by atoms with van der Waals surface area (Å²) in [5, 5.41) is 10.5. The molecule has 5 heteroatoms. The average molecular weight is 250 g/mol. The van der Waals surface area contributed by atoms with Crippen molar-refractivity contribution in [3.05, 3.63) is 18.5 Å². The third-order valence-electron chi connectivity index (χ3n) is 3.29. The molecule has 1 aromatic rings. The van der Waals surface area contributed by atoms with Crippen molar-refractivity contribution in [2.24, 2.45) is 0 Å². The largest absolute Gasteiger partial charge is 0.350 e. The van der Waals surface area contributed by atoms with Crippen molar-refractivity contribution in [3.63, 3.8) is 0 Å². The molecule has 0 spiro atoms. The van der Waals surface area contributed by atoms with Gasteiger partial charge in [0.05, 0.1) is 12.6 Å². The fourth-order valence-corrected chi connectivity index (χ4v) is 2.33. The molecule has 2 rings (SSSR count). The van der Waals surface area contributed by atoms with E-state index >= 15 is 0 Å². The van der Waals surface area contributed by atoms with Crippen molar-refractivity contribution in [2.75, 3.05) is 6.54 Å². The minimum absolute atomic E-state index is 0.0208. The summed E-state index contributed by atoms with van der Waals surface area (Å²) in [7, 11) is 0. The number of hydrogen-bond acceptors (Lipinski definition) is 3. The second-order valence-corrected chi connectivity index (χ2v) is 4.99. The molecule has 0 aromatic carbocycles. The summed E-state index contributed by atoms with van der Waals surface area (Å²) in [6.07, 6.45) is 8.14. The molecule has 1 amide bonds. The molecule has 18 heavy (non-hydrogen) atoms. The number of nitrogens with zero attached hydrogens (tertiary/aromatic N) is 2. The molecular weight excluding hydrogens is 228 g/mol. The zero-order valence-electron chi connectivity index (χ0n) is 10.9. The Hall–Kier alpha value is -1.36. The molecular formula is C13H22N4O. The molecule has 2 N–H and O–H groups in total.